The number of carbonyl (C=O) groups is 1. The van der Waals surface area contributed by atoms with Crippen molar-refractivity contribution in [2.24, 2.45) is 0 Å². The van der Waals surface area contributed by atoms with Crippen LogP contribution in [0.3, 0.4) is 0 Å². The molecule has 0 saturated carbocycles. The molecule has 1 heterocycles. The molecule has 0 unspecified atom stereocenters. The second-order valence-corrected chi connectivity index (χ2v) is 1.75. The van der Waals surface area contributed by atoms with Gasteiger partial charge in [-0.3, -0.25) is 4.79 Å². The van der Waals surface area contributed by atoms with Crippen LogP contribution in [-0.4, -0.2) is 37.6 Å². The highest BCUT2D eigenvalue weighted by molar-refractivity contribution is 5.86. The van der Waals surface area contributed by atoms with Gasteiger partial charge in [-0.05, 0) is 0 Å². The standard InChI is InChI=1S/C5H9NO2.3ClH/c7-5-6-1-3-8-4-2-6;;;/h5H,1-4H2;3*1H. The molecule has 3 nitrogen and oxygen atoms in total. The number of hydrogen-bond donors (Lipinski definition) is 0. The Morgan fingerprint density at radius 1 is 1.09 bits per heavy atom. The first kappa shape index (κ1) is 17.4. The predicted molar refractivity (Wildman–Crippen MR) is 50.2 cm³/mol. The van der Waals surface area contributed by atoms with Crippen LogP contribution in [0.1, 0.15) is 0 Å². The number of morpholine rings is 1. The van der Waals surface area contributed by atoms with Crippen molar-refractivity contribution in [2.75, 3.05) is 26.3 Å². The molecule has 1 aliphatic rings. The first-order valence-corrected chi connectivity index (χ1v) is 2.70. The molecule has 0 aliphatic carbocycles. The summed E-state index contributed by atoms with van der Waals surface area (Å²) in [5.74, 6) is 0. The van der Waals surface area contributed by atoms with Crippen LogP contribution in [0.5, 0.6) is 0 Å². The van der Waals surface area contributed by atoms with Crippen molar-refractivity contribution in [1.29, 1.82) is 0 Å². The zero-order valence-corrected chi connectivity index (χ0v) is 8.34. The van der Waals surface area contributed by atoms with E-state index in [9.17, 15) is 4.79 Å². The van der Waals surface area contributed by atoms with E-state index < -0.39 is 0 Å². The minimum Gasteiger partial charge on any atom is -0.378 e. The van der Waals surface area contributed by atoms with E-state index in [2.05, 4.69) is 0 Å². The topological polar surface area (TPSA) is 29.5 Å². The van der Waals surface area contributed by atoms with E-state index in [1.54, 1.807) is 4.90 Å². The van der Waals surface area contributed by atoms with Crippen LogP contribution in [-0.2, 0) is 9.53 Å². The zero-order valence-electron chi connectivity index (χ0n) is 5.89. The number of nitrogens with zero attached hydrogens (tertiary/aromatic N) is 1. The van der Waals surface area contributed by atoms with E-state index in [1.165, 1.54) is 0 Å². The first-order valence-electron chi connectivity index (χ1n) is 2.70. The van der Waals surface area contributed by atoms with Gasteiger partial charge in [0.25, 0.3) is 0 Å². The molecule has 1 amide bonds. The summed E-state index contributed by atoms with van der Waals surface area (Å²) in [6, 6.07) is 0. The van der Waals surface area contributed by atoms with Gasteiger partial charge in [-0.25, -0.2) is 0 Å². The van der Waals surface area contributed by atoms with E-state index in [0.717, 1.165) is 19.5 Å². The van der Waals surface area contributed by atoms with Gasteiger partial charge in [0.1, 0.15) is 0 Å². The Morgan fingerprint density at radius 3 is 1.82 bits per heavy atom. The molecule has 1 rings (SSSR count). The SMILES string of the molecule is Cl.Cl.Cl.O=CN1CCOCC1. The minimum atomic E-state index is 0. The highest BCUT2D eigenvalue weighted by atomic mass is 35.5. The van der Waals surface area contributed by atoms with Gasteiger partial charge in [-0.1, -0.05) is 0 Å². The Kier molecular flexibility index (Phi) is 16.3. The summed E-state index contributed by atoms with van der Waals surface area (Å²) in [5.41, 5.74) is 0. The normalized spacial score (nSPS) is 15.1. The molecule has 11 heavy (non-hydrogen) atoms. The van der Waals surface area contributed by atoms with Crippen molar-refractivity contribution in [3.63, 3.8) is 0 Å². The Balaban J connectivity index is -0.000000213. The summed E-state index contributed by atoms with van der Waals surface area (Å²) in [6.07, 6.45) is 0.864. The summed E-state index contributed by atoms with van der Waals surface area (Å²) in [6.45, 7) is 2.89. The van der Waals surface area contributed by atoms with Gasteiger partial charge in [0.15, 0.2) is 0 Å². The van der Waals surface area contributed by atoms with E-state index >= 15 is 0 Å². The van der Waals surface area contributed by atoms with Crippen LogP contribution in [0.4, 0.5) is 0 Å². The molecule has 0 atom stereocenters. The second kappa shape index (κ2) is 10.3. The fourth-order valence-corrected chi connectivity index (χ4v) is 0.683. The monoisotopic (exact) mass is 223 g/mol. The van der Waals surface area contributed by atoms with Gasteiger partial charge < -0.3 is 9.64 Å². The average Bonchev–Trinajstić information content (AvgIpc) is 1.90. The summed E-state index contributed by atoms with van der Waals surface area (Å²) >= 11 is 0. The van der Waals surface area contributed by atoms with Crippen LogP contribution in [0, 0.1) is 0 Å². The summed E-state index contributed by atoms with van der Waals surface area (Å²) < 4.78 is 5.00. The second-order valence-electron chi connectivity index (χ2n) is 1.75. The summed E-state index contributed by atoms with van der Waals surface area (Å²) in [4.78, 5) is 11.7. The first-order chi connectivity index (χ1) is 3.93. The van der Waals surface area contributed by atoms with Gasteiger partial charge in [-0.2, -0.15) is 0 Å². The van der Waals surface area contributed by atoms with E-state index in [-0.39, 0.29) is 37.2 Å². The lowest BCUT2D eigenvalue weighted by atomic mass is 10.5. The smallest absolute Gasteiger partial charge is 0.209 e. The lowest BCUT2D eigenvalue weighted by Crippen LogP contribution is -2.34. The Hall–Kier alpha value is 0.300. The summed E-state index contributed by atoms with van der Waals surface area (Å²) in [7, 11) is 0. The van der Waals surface area contributed by atoms with Crippen LogP contribution in [0.15, 0.2) is 0 Å². The highest BCUT2D eigenvalue weighted by Gasteiger charge is 2.05. The Morgan fingerprint density at radius 2 is 1.55 bits per heavy atom. The number of hydrogen-bond acceptors (Lipinski definition) is 2. The van der Waals surface area contributed by atoms with Crippen LogP contribution in [0.25, 0.3) is 0 Å². The molecule has 1 fully saturated rings. The number of carbonyl (C=O) groups excluding carboxylic acids is 1. The third kappa shape index (κ3) is 6.69. The molecule has 0 aromatic heterocycles. The number of rotatable bonds is 1. The van der Waals surface area contributed by atoms with Crippen molar-refractivity contribution in [1.82, 2.24) is 4.90 Å². The maximum atomic E-state index is 10.0. The zero-order chi connectivity index (χ0) is 5.82. The third-order valence-corrected chi connectivity index (χ3v) is 1.19. The Labute approximate surface area is 84.7 Å². The minimum absolute atomic E-state index is 0. The lowest BCUT2D eigenvalue weighted by Gasteiger charge is -2.21. The fraction of sp³-hybridized carbons (Fsp3) is 0.800. The third-order valence-electron chi connectivity index (χ3n) is 1.19. The molecule has 0 radical (unpaired) electrons. The van der Waals surface area contributed by atoms with E-state index in [0.29, 0.717) is 13.2 Å². The van der Waals surface area contributed by atoms with Crippen molar-refractivity contribution in [3.8, 4) is 0 Å². The van der Waals surface area contributed by atoms with Crippen molar-refractivity contribution < 1.29 is 9.53 Å². The molecular weight excluding hydrogens is 212 g/mol. The number of amides is 1. The van der Waals surface area contributed by atoms with Crippen molar-refractivity contribution in [2.45, 2.75) is 0 Å². The lowest BCUT2D eigenvalue weighted by molar-refractivity contribution is -0.121. The quantitative estimate of drug-likeness (QED) is 0.615. The van der Waals surface area contributed by atoms with E-state index in [4.69, 9.17) is 4.74 Å². The van der Waals surface area contributed by atoms with Gasteiger partial charge >= 0.3 is 0 Å². The Bertz CT molecular complexity index is 87.8. The largest absolute Gasteiger partial charge is 0.378 e. The molecule has 0 N–H and O–H groups in total. The molecule has 0 spiro atoms. The molecule has 6 heteroatoms. The predicted octanol–water partition coefficient (Wildman–Crippen LogP) is 0.740. The molecule has 1 aliphatic heterocycles. The van der Waals surface area contributed by atoms with Gasteiger partial charge in [0.05, 0.1) is 13.2 Å². The average molecular weight is 225 g/mol. The molecule has 0 aromatic rings. The molecule has 1 saturated heterocycles. The van der Waals surface area contributed by atoms with E-state index in [1.807, 2.05) is 0 Å². The maximum absolute atomic E-state index is 10.0. The van der Waals surface area contributed by atoms with Crippen LogP contribution < -0.4 is 0 Å². The molecule has 0 aromatic carbocycles. The number of halogens is 3. The van der Waals surface area contributed by atoms with Gasteiger partial charge in [0.2, 0.25) is 6.41 Å². The molecule has 0 bridgehead atoms. The van der Waals surface area contributed by atoms with Crippen LogP contribution in [0.2, 0.25) is 0 Å². The molecule has 70 valence electrons. The van der Waals surface area contributed by atoms with Crippen LogP contribution >= 0.6 is 37.2 Å². The number of ether oxygens (including phenoxy) is 1. The van der Waals surface area contributed by atoms with Gasteiger partial charge in [-0.15, -0.1) is 37.2 Å². The van der Waals surface area contributed by atoms with Crippen molar-refractivity contribution >= 4 is 43.6 Å². The van der Waals surface area contributed by atoms with Gasteiger partial charge in [0, 0.05) is 13.1 Å². The summed E-state index contributed by atoms with van der Waals surface area (Å²) in [5, 5.41) is 0. The maximum Gasteiger partial charge on any atom is 0.209 e. The highest BCUT2D eigenvalue weighted by Crippen LogP contribution is 1.90. The molecular formula is C5H12Cl3NO2. The van der Waals surface area contributed by atoms with Crippen molar-refractivity contribution in [3.05, 3.63) is 0 Å². The fourth-order valence-electron chi connectivity index (χ4n) is 0.683.